The van der Waals surface area contributed by atoms with E-state index in [0.717, 1.165) is 47.0 Å². The number of carbonyl (C=O) groups excluding carboxylic acids is 1. The number of ether oxygens (including phenoxy) is 1. The van der Waals surface area contributed by atoms with Gasteiger partial charge in [0.25, 0.3) is 5.91 Å². The van der Waals surface area contributed by atoms with E-state index in [2.05, 4.69) is 21.3 Å². The van der Waals surface area contributed by atoms with Gasteiger partial charge in [-0.05, 0) is 50.1 Å². The van der Waals surface area contributed by atoms with Gasteiger partial charge in [0.05, 0.1) is 16.8 Å². The standard InChI is InChI=1S/C20H22N4O2S/c1-2-26-16-3-4-17-18(13-16)27-20(23-17)24-11-7-15(8-12-24)22-19(25)14-5-9-21-10-6-14/h3-6,9-10,13,15H,2,7-8,11-12H2,1H3,(H,22,25). The van der Waals surface area contributed by atoms with Gasteiger partial charge < -0.3 is 15.0 Å². The molecule has 140 valence electrons. The molecule has 27 heavy (non-hydrogen) atoms. The third-order valence-corrected chi connectivity index (χ3v) is 5.78. The monoisotopic (exact) mass is 382 g/mol. The number of hydrogen-bond donors (Lipinski definition) is 1. The maximum atomic E-state index is 12.3. The number of rotatable bonds is 5. The Kier molecular flexibility index (Phi) is 5.20. The number of piperidine rings is 1. The molecule has 1 aliphatic rings. The molecule has 3 aromatic rings. The first-order valence-corrected chi connectivity index (χ1v) is 10.0. The highest BCUT2D eigenvalue weighted by molar-refractivity contribution is 7.22. The number of hydrogen-bond acceptors (Lipinski definition) is 6. The summed E-state index contributed by atoms with van der Waals surface area (Å²) in [4.78, 5) is 23.3. The van der Waals surface area contributed by atoms with Gasteiger partial charge in [0.15, 0.2) is 5.13 Å². The number of aromatic nitrogens is 2. The van der Waals surface area contributed by atoms with Crippen molar-refractivity contribution < 1.29 is 9.53 Å². The van der Waals surface area contributed by atoms with Crippen molar-refractivity contribution in [1.82, 2.24) is 15.3 Å². The minimum absolute atomic E-state index is 0.0284. The summed E-state index contributed by atoms with van der Waals surface area (Å²) in [5.74, 6) is 0.858. The van der Waals surface area contributed by atoms with Crippen molar-refractivity contribution in [3.8, 4) is 5.75 Å². The van der Waals surface area contributed by atoms with Gasteiger partial charge in [-0.15, -0.1) is 0 Å². The van der Waals surface area contributed by atoms with Gasteiger partial charge in [0, 0.05) is 37.1 Å². The third kappa shape index (κ3) is 4.03. The summed E-state index contributed by atoms with van der Waals surface area (Å²) < 4.78 is 6.72. The summed E-state index contributed by atoms with van der Waals surface area (Å²) in [5.41, 5.74) is 1.66. The zero-order valence-corrected chi connectivity index (χ0v) is 16.0. The van der Waals surface area contributed by atoms with Crippen LogP contribution in [0.4, 0.5) is 5.13 Å². The zero-order chi connectivity index (χ0) is 18.6. The van der Waals surface area contributed by atoms with Gasteiger partial charge in [-0.2, -0.15) is 0 Å². The lowest BCUT2D eigenvalue weighted by atomic mass is 10.0. The van der Waals surface area contributed by atoms with Crippen molar-refractivity contribution in [2.45, 2.75) is 25.8 Å². The average Bonchev–Trinajstić information content (AvgIpc) is 3.13. The molecule has 1 fully saturated rings. The van der Waals surface area contributed by atoms with Crippen LogP contribution < -0.4 is 15.0 Å². The van der Waals surface area contributed by atoms with Crippen LogP contribution in [0.15, 0.2) is 42.7 Å². The number of nitrogens with one attached hydrogen (secondary N) is 1. The molecule has 3 heterocycles. The van der Waals surface area contributed by atoms with Crippen LogP contribution in [-0.2, 0) is 0 Å². The Labute approximate surface area is 162 Å². The number of fused-ring (bicyclic) bond motifs is 1. The molecule has 1 amide bonds. The van der Waals surface area contributed by atoms with Crippen LogP contribution in [0, 0.1) is 0 Å². The lowest BCUT2D eigenvalue weighted by Crippen LogP contribution is -2.44. The molecule has 0 unspecified atom stereocenters. The minimum Gasteiger partial charge on any atom is -0.494 e. The summed E-state index contributed by atoms with van der Waals surface area (Å²) in [7, 11) is 0. The average molecular weight is 382 g/mol. The van der Waals surface area contributed by atoms with Gasteiger partial charge in [-0.25, -0.2) is 4.98 Å². The van der Waals surface area contributed by atoms with Gasteiger partial charge in [-0.3, -0.25) is 9.78 Å². The van der Waals surface area contributed by atoms with E-state index in [1.807, 2.05) is 19.1 Å². The lowest BCUT2D eigenvalue weighted by Gasteiger charge is -2.32. The van der Waals surface area contributed by atoms with Gasteiger partial charge in [0.2, 0.25) is 0 Å². The van der Waals surface area contributed by atoms with Crippen LogP contribution in [0.25, 0.3) is 10.2 Å². The van der Waals surface area contributed by atoms with E-state index >= 15 is 0 Å². The highest BCUT2D eigenvalue weighted by Gasteiger charge is 2.23. The second-order valence-corrected chi connectivity index (χ2v) is 7.54. The molecule has 0 bridgehead atoms. The number of nitrogens with zero attached hydrogens (tertiary/aromatic N) is 3. The van der Waals surface area contributed by atoms with Crippen molar-refractivity contribution in [2.24, 2.45) is 0 Å². The molecule has 2 aromatic heterocycles. The Morgan fingerprint density at radius 1 is 1.26 bits per heavy atom. The van der Waals surface area contributed by atoms with E-state index in [9.17, 15) is 4.79 Å². The van der Waals surface area contributed by atoms with E-state index < -0.39 is 0 Å². The smallest absolute Gasteiger partial charge is 0.251 e. The molecule has 1 saturated heterocycles. The van der Waals surface area contributed by atoms with Crippen molar-refractivity contribution >= 4 is 32.6 Å². The first-order valence-electron chi connectivity index (χ1n) is 9.22. The summed E-state index contributed by atoms with van der Waals surface area (Å²) in [6, 6.07) is 9.71. The highest BCUT2D eigenvalue weighted by atomic mass is 32.1. The summed E-state index contributed by atoms with van der Waals surface area (Å²) in [5, 5.41) is 4.17. The Hall–Kier alpha value is -2.67. The van der Waals surface area contributed by atoms with Gasteiger partial charge >= 0.3 is 0 Å². The van der Waals surface area contributed by atoms with Crippen LogP contribution in [-0.4, -0.2) is 41.6 Å². The Morgan fingerprint density at radius 3 is 2.78 bits per heavy atom. The van der Waals surface area contributed by atoms with E-state index in [-0.39, 0.29) is 11.9 Å². The zero-order valence-electron chi connectivity index (χ0n) is 15.2. The summed E-state index contributed by atoms with van der Waals surface area (Å²) in [6.45, 7) is 4.43. The number of thiazole rings is 1. The molecule has 6 nitrogen and oxygen atoms in total. The number of amides is 1. The number of pyridine rings is 1. The number of carbonyl (C=O) groups is 1. The van der Waals surface area contributed by atoms with Gasteiger partial charge in [-0.1, -0.05) is 11.3 Å². The maximum Gasteiger partial charge on any atom is 0.251 e. The second kappa shape index (κ2) is 7.92. The van der Waals surface area contributed by atoms with E-state index in [1.54, 1.807) is 35.9 Å². The molecule has 7 heteroatoms. The molecular formula is C20H22N4O2S. The molecule has 1 aromatic carbocycles. The Balaban J connectivity index is 1.37. The molecule has 0 saturated carbocycles. The number of benzene rings is 1. The van der Waals surface area contributed by atoms with Crippen molar-refractivity contribution in [3.63, 3.8) is 0 Å². The second-order valence-electron chi connectivity index (χ2n) is 6.53. The molecule has 0 spiro atoms. The molecular weight excluding hydrogens is 360 g/mol. The normalized spacial score (nSPS) is 15.1. The van der Waals surface area contributed by atoms with Crippen LogP contribution in [0.2, 0.25) is 0 Å². The van der Waals surface area contributed by atoms with Crippen molar-refractivity contribution in [2.75, 3.05) is 24.6 Å². The van der Waals surface area contributed by atoms with E-state index in [0.29, 0.717) is 12.2 Å². The van der Waals surface area contributed by atoms with E-state index in [1.165, 1.54) is 0 Å². The first kappa shape index (κ1) is 17.7. The fourth-order valence-corrected chi connectivity index (χ4v) is 4.32. The molecule has 0 radical (unpaired) electrons. The van der Waals surface area contributed by atoms with Crippen LogP contribution in [0.1, 0.15) is 30.1 Å². The summed E-state index contributed by atoms with van der Waals surface area (Å²) in [6.07, 6.45) is 5.11. The largest absolute Gasteiger partial charge is 0.494 e. The van der Waals surface area contributed by atoms with Crippen LogP contribution in [0.3, 0.4) is 0 Å². The molecule has 0 atom stereocenters. The molecule has 0 aliphatic carbocycles. The predicted octanol–water partition coefficient (Wildman–Crippen LogP) is 3.49. The fraction of sp³-hybridized carbons (Fsp3) is 0.350. The maximum absolute atomic E-state index is 12.3. The predicted molar refractivity (Wildman–Crippen MR) is 108 cm³/mol. The van der Waals surface area contributed by atoms with Crippen molar-refractivity contribution in [1.29, 1.82) is 0 Å². The topological polar surface area (TPSA) is 67.3 Å². The van der Waals surface area contributed by atoms with E-state index in [4.69, 9.17) is 9.72 Å². The summed E-state index contributed by atoms with van der Waals surface area (Å²) >= 11 is 1.70. The third-order valence-electron chi connectivity index (χ3n) is 4.70. The van der Waals surface area contributed by atoms with Crippen molar-refractivity contribution in [3.05, 3.63) is 48.3 Å². The quantitative estimate of drug-likeness (QED) is 0.732. The fourth-order valence-electron chi connectivity index (χ4n) is 3.27. The lowest BCUT2D eigenvalue weighted by molar-refractivity contribution is 0.0931. The SMILES string of the molecule is CCOc1ccc2nc(N3CCC(NC(=O)c4ccncc4)CC3)sc2c1. The van der Waals surface area contributed by atoms with Crippen LogP contribution in [0.5, 0.6) is 5.75 Å². The molecule has 4 rings (SSSR count). The van der Waals surface area contributed by atoms with Gasteiger partial charge in [0.1, 0.15) is 5.75 Å². The highest BCUT2D eigenvalue weighted by Crippen LogP contribution is 2.32. The Morgan fingerprint density at radius 2 is 2.04 bits per heavy atom. The minimum atomic E-state index is -0.0284. The molecule has 1 aliphatic heterocycles. The first-order chi connectivity index (χ1) is 13.2. The number of anilines is 1. The molecule has 1 N–H and O–H groups in total. The Bertz CT molecular complexity index is 920. The van der Waals surface area contributed by atoms with Crippen LogP contribution >= 0.6 is 11.3 Å².